The van der Waals surface area contributed by atoms with E-state index in [1.807, 2.05) is 0 Å². The Labute approximate surface area is 422 Å². The number of hydrogen-bond acceptors (Lipinski definition) is 2. The summed E-state index contributed by atoms with van der Waals surface area (Å²) in [6.45, 7) is 4.66. The standard InChI is InChI=1S/C69H47N3O/c1-69(2)59-24-12-9-22-56(59)66-60(69)39-38-55-54-23-15-27-65(67(54)73-68(55)66)70(50-34-28-44(29-35-50)46-32-40-63-57(42-46)52-20-10-13-25-61(52)71(63)48-16-5-3-6-17-48)51-36-30-45(31-37-51)47-33-41-64-58(43-47)53-21-11-14-26-62(53)72(64)49-18-7-4-8-19-49/h3-43H,1-2H3. The molecule has 0 radical (unpaired) electrons. The first-order chi connectivity index (χ1) is 36.0. The van der Waals surface area contributed by atoms with E-state index in [0.717, 1.165) is 61.5 Å². The molecule has 0 fully saturated rings. The van der Waals surface area contributed by atoms with Crippen molar-refractivity contribution in [2.24, 2.45) is 0 Å². The molecular formula is C69H47N3O. The molecule has 11 aromatic carbocycles. The molecule has 15 rings (SSSR count). The second-order valence-corrected chi connectivity index (χ2v) is 20.1. The summed E-state index contributed by atoms with van der Waals surface area (Å²) in [4.78, 5) is 2.36. The van der Waals surface area contributed by atoms with Crippen molar-refractivity contribution in [2.45, 2.75) is 19.3 Å². The van der Waals surface area contributed by atoms with Crippen LogP contribution in [0.1, 0.15) is 25.0 Å². The maximum Gasteiger partial charge on any atom is 0.159 e. The quantitative estimate of drug-likeness (QED) is 0.159. The van der Waals surface area contributed by atoms with Crippen LogP contribution in [0.3, 0.4) is 0 Å². The zero-order chi connectivity index (χ0) is 48.4. The molecule has 3 heterocycles. The van der Waals surface area contributed by atoms with Gasteiger partial charge in [0.2, 0.25) is 0 Å². The van der Waals surface area contributed by atoms with E-state index in [1.165, 1.54) is 77.0 Å². The van der Waals surface area contributed by atoms with Crippen LogP contribution in [0.5, 0.6) is 0 Å². The summed E-state index contributed by atoms with van der Waals surface area (Å²) < 4.78 is 12.0. The highest BCUT2D eigenvalue weighted by Crippen LogP contribution is 2.53. The topological polar surface area (TPSA) is 26.2 Å². The van der Waals surface area contributed by atoms with E-state index >= 15 is 0 Å². The average molecular weight is 934 g/mol. The van der Waals surface area contributed by atoms with Crippen LogP contribution in [0.25, 0.3) is 110 Å². The van der Waals surface area contributed by atoms with Crippen molar-refractivity contribution in [1.82, 2.24) is 9.13 Å². The zero-order valence-corrected chi connectivity index (χ0v) is 40.4. The summed E-state index contributed by atoms with van der Waals surface area (Å²) >= 11 is 0. The Kier molecular flexibility index (Phi) is 8.97. The third kappa shape index (κ3) is 6.20. The third-order valence-electron chi connectivity index (χ3n) is 15.7. The minimum Gasteiger partial charge on any atom is -0.453 e. The highest BCUT2D eigenvalue weighted by Gasteiger charge is 2.37. The van der Waals surface area contributed by atoms with Gasteiger partial charge in [0.25, 0.3) is 0 Å². The molecule has 0 atom stereocenters. The monoisotopic (exact) mass is 933 g/mol. The van der Waals surface area contributed by atoms with Crippen LogP contribution in [-0.2, 0) is 5.41 Å². The molecule has 73 heavy (non-hydrogen) atoms. The normalized spacial score (nSPS) is 12.9. The summed E-state index contributed by atoms with van der Waals surface area (Å²) in [5.74, 6) is 0. The maximum atomic E-state index is 7.26. The van der Waals surface area contributed by atoms with Crippen LogP contribution >= 0.6 is 0 Å². The largest absolute Gasteiger partial charge is 0.453 e. The molecule has 0 unspecified atom stereocenters. The van der Waals surface area contributed by atoms with Crippen LogP contribution in [0, 0.1) is 0 Å². The number of furan rings is 1. The highest BCUT2D eigenvalue weighted by atomic mass is 16.3. The Bertz CT molecular complexity index is 4300. The predicted octanol–water partition coefficient (Wildman–Crippen LogP) is 18.9. The molecule has 1 aliphatic rings. The lowest BCUT2D eigenvalue weighted by molar-refractivity contribution is 0.653. The summed E-state index contributed by atoms with van der Waals surface area (Å²) in [5.41, 5.74) is 21.6. The Morgan fingerprint density at radius 2 is 0.808 bits per heavy atom. The molecule has 3 aromatic heterocycles. The van der Waals surface area contributed by atoms with Crippen molar-refractivity contribution in [3.8, 4) is 44.8 Å². The van der Waals surface area contributed by atoms with Crippen molar-refractivity contribution >= 4 is 82.6 Å². The Balaban J connectivity index is 0.871. The molecule has 0 N–H and O–H groups in total. The smallest absolute Gasteiger partial charge is 0.159 e. The fourth-order valence-corrected chi connectivity index (χ4v) is 12.3. The molecule has 1 aliphatic carbocycles. The number of anilines is 3. The maximum absolute atomic E-state index is 7.26. The van der Waals surface area contributed by atoms with Crippen molar-refractivity contribution < 1.29 is 4.42 Å². The number of benzene rings is 11. The van der Waals surface area contributed by atoms with E-state index in [9.17, 15) is 0 Å². The average Bonchev–Trinajstić information content (AvgIpc) is 4.17. The molecule has 344 valence electrons. The predicted molar refractivity (Wildman–Crippen MR) is 306 cm³/mol. The van der Waals surface area contributed by atoms with E-state index in [4.69, 9.17) is 4.42 Å². The van der Waals surface area contributed by atoms with Crippen molar-refractivity contribution in [1.29, 1.82) is 0 Å². The van der Waals surface area contributed by atoms with E-state index in [-0.39, 0.29) is 5.41 Å². The number of fused-ring (bicyclic) bond motifs is 13. The third-order valence-corrected chi connectivity index (χ3v) is 15.7. The molecule has 0 spiro atoms. The lowest BCUT2D eigenvalue weighted by atomic mass is 9.82. The fraction of sp³-hybridized carbons (Fsp3) is 0.0435. The SMILES string of the molecule is CC1(C)c2ccccc2-c2c1ccc1c2oc2c(N(c3ccc(-c4ccc5c(c4)c4ccccc4n5-c4ccccc4)cc3)c3ccc(-c4ccc5c(c4)c4ccccc4n5-c4ccccc4)cc3)cccc21. The molecule has 14 aromatic rings. The number of nitrogens with zero attached hydrogens (tertiary/aromatic N) is 3. The van der Waals surface area contributed by atoms with E-state index in [0.29, 0.717) is 0 Å². The van der Waals surface area contributed by atoms with Crippen LogP contribution in [-0.4, -0.2) is 9.13 Å². The van der Waals surface area contributed by atoms with Gasteiger partial charge >= 0.3 is 0 Å². The summed E-state index contributed by atoms with van der Waals surface area (Å²) in [5, 5.41) is 7.18. The van der Waals surface area contributed by atoms with Gasteiger partial charge in [-0.25, -0.2) is 0 Å². The fourth-order valence-electron chi connectivity index (χ4n) is 12.3. The molecule has 4 heteroatoms. The molecule has 0 saturated carbocycles. The Morgan fingerprint density at radius 1 is 0.342 bits per heavy atom. The first-order valence-corrected chi connectivity index (χ1v) is 25.2. The van der Waals surface area contributed by atoms with Crippen LogP contribution < -0.4 is 4.90 Å². The minimum absolute atomic E-state index is 0.134. The molecule has 0 bridgehead atoms. The van der Waals surface area contributed by atoms with Crippen LogP contribution in [0.15, 0.2) is 253 Å². The van der Waals surface area contributed by atoms with Gasteiger partial charge in [-0.2, -0.15) is 0 Å². The van der Waals surface area contributed by atoms with Gasteiger partial charge in [0.1, 0.15) is 5.58 Å². The van der Waals surface area contributed by atoms with E-state index in [2.05, 4.69) is 277 Å². The first kappa shape index (κ1) is 41.4. The lowest BCUT2D eigenvalue weighted by Crippen LogP contribution is -2.14. The molecule has 0 saturated heterocycles. The van der Waals surface area contributed by atoms with Gasteiger partial charge in [0.05, 0.1) is 27.8 Å². The first-order valence-electron chi connectivity index (χ1n) is 25.2. The highest BCUT2D eigenvalue weighted by molar-refractivity contribution is 6.16. The Morgan fingerprint density at radius 3 is 1.38 bits per heavy atom. The lowest BCUT2D eigenvalue weighted by Gasteiger charge is -2.26. The molecule has 0 amide bonds. The zero-order valence-electron chi connectivity index (χ0n) is 40.4. The van der Waals surface area contributed by atoms with Gasteiger partial charge in [-0.1, -0.05) is 172 Å². The van der Waals surface area contributed by atoms with Gasteiger partial charge in [-0.3, -0.25) is 0 Å². The minimum atomic E-state index is -0.134. The van der Waals surface area contributed by atoms with Gasteiger partial charge < -0.3 is 18.5 Å². The second kappa shape index (κ2) is 15.8. The Hall–Kier alpha value is -9.38. The van der Waals surface area contributed by atoms with Crippen molar-refractivity contribution in [3.63, 3.8) is 0 Å². The van der Waals surface area contributed by atoms with Gasteiger partial charge in [0, 0.05) is 66.0 Å². The van der Waals surface area contributed by atoms with E-state index in [1.54, 1.807) is 0 Å². The summed E-state index contributed by atoms with van der Waals surface area (Å²) in [6.07, 6.45) is 0. The van der Waals surface area contributed by atoms with Crippen molar-refractivity contribution in [3.05, 3.63) is 260 Å². The van der Waals surface area contributed by atoms with Gasteiger partial charge in [0.15, 0.2) is 5.58 Å². The van der Waals surface area contributed by atoms with Gasteiger partial charge in [-0.15, -0.1) is 0 Å². The summed E-state index contributed by atoms with van der Waals surface area (Å²) in [6, 6.07) is 90.6. The van der Waals surface area contributed by atoms with Crippen LogP contribution in [0.2, 0.25) is 0 Å². The molecular weight excluding hydrogens is 887 g/mol. The number of aromatic nitrogens is 2. The van der Waals surface area contributed by atoms with Crippen LogP contribution in [0.4, 0.5) is 17.1 Å². The number of hydrogen-bond donors (Lipinski definition) is 0. The number of para-hydroxylation sites is 5. The molecule has 4 nitrogen and oxygen atoms in total. The summed E-state index contributed by atoms with van der Waals surface area (Å²) in [7, 11) is 0. The van der Waals surface area contributed by atoms with E-state index < -0.39 is 0 Å². The molecule has 0 aliphatic heterocycles. The van der Waals surface area contributed by atoms with Gasteiger partial charge in [-0.05, 0) is 130 Å². The second-order valence-electron chi connectivity index (χ2n) is 20.1. The van der Waals surface area contributed by atoms with Crippen molar-refractivity contribution in [2.75, 3.05) is 4.90 Å². The number of rotatable bonds is 7.